The van der Waals surface area contributed by atoms with E-state index in [4.69, 9.17) is 4.55 Å². The molecule has 2 nitrogen and oxygen atoms in total. The number of hydrogen-bond acceptors (Lipinski definition) is 1. The average Bonchev–Trinajstić information content (AvgIpc) is 1.66. The van der Waals surface area contributed by atoms with Crippen molar-refractivity contribution >= 4 is 11.1 Å². The van der Waals surface area contributed by atoms with Crippen molar-refractivity contribution in [2.75, 3.05) is 5.75 Å². The molecular weight excluding hydrogens is 124 g/mol. The van der Waals surface area contributed by atoms with Crippen LogP contribution in [0.5, 0.6) is 0 Å². The maximum absolute atomic E-state index is 9.95. The van der Waals surface area contributed by atoms with Crippen LogP contribution >= 0.6 is 0 Å². The summed E-state index contributed by atoms with van der Waals surface area (Å²) in [4.78, 5) is 0. The first kappa shape index (κ1) is 7.85. The fourth-order valence-electron chi connectivity index (χ4n) is 0.351. The first-order valence-corrected chi connectivity index (χ1v) is 3.73. The van der Waals surface area contributed by atoms with Crippen LogP contribution < -0.4 is 0 Å². The topological polar surface area (TPSA) is 37.3 Å². The second kappa shape index (κ2) is 5.00. The summed E-state index contributed by atoms with van der Waals surface area (Å²) in [5.41, 5.74) is 0. The van der Waals surface area contributed by atoms with Crippen LogP contribution in [0.3, 0.4) is 0 Å². The summed E-state index contributed by atoms with van der Waals surface area (Å²) in [7, 11) is 0. The lowest BCUT2D eigenvalue weighted by Gasteiger charge is -1.88. The van der Waals surface area contributed by atoms with Crippen molar-refractivity contribution in [1.29, 1.82) is 0 Å². The third kappa shape index (κ3) is 5.85. The van der Waals surface area contributed by atoms with Crippen molar-refractivity contribution in [3.05, 3.63) is 12.7 Å². The molecule has 0 aliphatic rings. The zero-order chi connectivity index (χ0) is 6.41. The molecule has 48 valence electrons. The van der Waals surface area contributed by atoms with Crippen molar-refractivity contribution in [2.24, 2.45) is 0 Å². The first-order valence-electron chi connectivity index (χ1n) is 2.45. The largest absolute Gasteiger partial charge is 0.306 e. The van der Waals surface area contributed by atoms with Gasteiger partial charge in [-0.25, -0.2) is 4.21 Å². The minimum Gasteiger partial charge on any atom is -0.306 e. The van der Waals surface area contributed by atoms with Gasteiger partial charge in [-0.05, 0) is 12.8 Å². The average molecular weight is 134 g/mol. The van der Waals surface area contributed by atoms with Gasteiger partial charge in [0.25, 0.3) is 0 Å². The van der Waals surface area contributed by atoms with Crippen LogP contribution in [0.2, 0.25) is 0 Å². The lowest BCUT2D eigenvalue weighted by Crippen LogP contribution is -1.92. The quantitative estimate of drug-likeness (QED) is 0.356. The molecule has 0 aromatic carbocycles. The van der Waals surface area contributed by atoms with Gasteiger partial charge >= 0.3 is 0 Å². The van der Waals surface area contributed by atoms with Gasteiger partial charge in [0, 0.05) is 5.75 Å². The standard InChI is InChI=1S/C5H10O2S/c1-2-3-4-5-8(6)7/h2H,1,3-5H2,(H,6,7). The van der Waals surface area contributed by atoms with Crippen LogP contribution in [-0.2, 0) is 11.1 Å². The predicted octanol–water partition coefficient (Wildman–Crippen LogP) is 1.17. The van der Waals surface area contributed by atoms with Gasteiger partial charge in [-0.15, -0.1) is 6.58 Å². The molecule has 0 saturated heterocycles. The van der Waals surface area contributed by atoms with Crippen LogP contribution in [0.15, 0.2) is 12.7 Å². The van der Waals surface area contributed by atoms with E-state index in [1.165, 1.54) is 0 Å². The van der Waals surface area contributed by atoms with Gasteiger partial charge in [-0.1, -0.05) is 6.08 Å². The third-order valence-electron chi connectivity index (χ3n) is 0.727. The molecule has 0 heterocycles. The van der Waals surface area contributed by atoms with Crippen LogP contribution in [-0.4, -0.2) is 14.5 Å². The molecule has 0 spiro atoms. The molecule has 0 aromatic rings. The number of hydrogen-bond donors (Lipinski definition) is 1. The van der Waals surface area contributed by atoms with Crippen LogP contribution in [0.25, 0.3) is 0 Å². The molecule has 0 amide bonds. The second-order valence-electron chi connectivity index (χ2n) is 1.46. The summed E-state index contributed by atoms with van der Waals surface area (Å²) in [6.07, 6.45) is 3.33. The summed E-state index contributed by atoms with van der Waals surface area (Å²) in [6, 6.07) is 0. The molecule has 0 aromatic heterocycles. The molecule has 0 fully saturated rings. The second-order valence-corrected chi connectivity index (χ2v) is 2.51. The van der Waals surface area contributed by atoms with Gasteiger partial charge in [-0.3, -0.25) is 0 Å². The molecular formula is C5H10O2S. The number of rotatable bonds is 4. The summed E-state index contributed by atoms with van der Waals surface area (Å²) >= 11 is -1.61. The Hall–Kier alpha value is -0.150. The van der Waals surface area contributed by atoms with Crippen molar-refractivity contribution in [2.45, 2.75) is 12.8 Å². The van der Waals surface area contributed by atoms with E-state index >= 15 is 0 Å². The van der Waals surface area contributed by atoms with Gasteiger partial charge in [0.2, 0.25) is 0 Å². The van der Waals surface area contributed by atoms with Crippen LogP contribution in [0.1, 0.15) is 12.8 Å². The lowest BCUT2D eigenvalue weighted by molar-refractivity contribution is 0.562. The maximum atomic E-state index is 9.95. The normalized spacial score (nSPS) is 13.1. The number of allylic oxidation sites excluding steroid dienone is 1. The molecule has 0 aliphatic carbocycles. The highest BCUT2D eigenvalue weighted by molar-refractivity contribution is 7.79. The Bertz CT molecular complexity index is 90.4. The van der Waals surface area contributed by atoms with E-state index in [0.29, 0.717) is 5.75 Å². The van der Waals surface area contributed by atoms with E-state index in [1.807, 2.05) is 0 Å². The Labute approximate surface area is 51.9 Å². The van der Waals surface area contributed by atoms with Gasteiger partial charge in [-0.2, -0.15) is 0 Å². The SMILES string of the molecule is C=CCCCS(=O)O. The monoisotopic (exact) mass is 134 g/mol. The van der Waals surface area contributed by atoms with E-state index in [0.717, 1.165) is 12.8 Å². The molecule has 1 N–H and O–H groups in total. The molecule has 0 rings (SSSR count). The van der Waals surface area contributed by atoms with Gasteiger partial charge < -0.3 is 4.55 Å². The van der Waals surface area contributed by atoms with Crippen molar-refractivity contribution in [1.82, 2.24) is 0 Å². The zero-order valence-corrected chi connectivity index (χ0v) is 5.49. The van der Waals surface area contributed by atoms with Crippen molar-refractivity contribution in [3.63, 3.8) is 0 Å². The minimum absolute atomic E-state index is 0.367. The number of unbranched alkanes of at least 4 members (excludes halogenated alkanes) is 1. The summed E-state index contributed by atoms with van der Waals surface area (Å²) in [6.45, 7) is 3.48. The fourth-order valence-corrected chi connectivity index (χ4v) is 0.765. The highest BCUT2D eigenvalue weighted by Crippen LogP contribution is 1.89. The summed E-state index contributed by atoms with van der Waals surface area (Å²) < 4.78 is 18.2. The van der Waals surface area contributed by atoms with E-state index in [2.05, 4.69) is 6.58 Å². The predicted molar refractivity (Wildman–Crippen MR) is 35.1 cm³/mol. The highest BCUT2D eigenvalue weighted by atomic mass is 32.2. The molecule has 0 radical (unpaired) electrons. The smallest absolute Gasteiger partial charge is 0.152 e. The summed E-state index contributed by atoms with van der Waals surface area (Å²) in [5, 5.41) is 0. The minimum atomic E-state index is -1.61. The molecule has 1 atom stereocenters. The van der Waals surface area contributed by atoms with E-state index in [1.54, 1.807) is 6.08 Å². The Kier molecular flexibility index (Phi) is 4.90. The first-order chi connectivity index (χ1) is 3.77. The lowest BCUT2D eigenvalue weighted by atomic mass is 10.3. The molecule has 0 aliphatic heterocycles. The van der Waals surface area contributed by atoms with Gasteiger partial charge in [0.1, 0.15) is 0 Å². The molecule has 3 heteroatoms. The third-order valence-corrected chi connectivity index (χ3v) is 1.37. The molecule has 1 unspecified atom stereocenters. The van der Waals surface area contributed by atoms with E-state index in [9.17, 15) is 4.21 Å². The molecule has 0 bridgehead atoms. The highest BCUT2D eigenvalue weighted by Gasteiger charge is 1.88. The Balaban J connectivity index is 2.93. The Morgan fingerprint density at radius 2 is 2.38 bits per heavy atom. The molecule has 0 saturated carbocycles. The zero-order valence-electron chi connectivity index (χ0n) is 4.67. The Morgan fingerprint density at radius 1 is 1.75 bits per heavy atom. The Morgan fingerprint density at radius 3 is 2.75 bits per heavy atom. The maximum Gasteiger partial charge on any atom is 0.152 e. The van der Waals surface area contributed by atoms with Crippen LogP contribution in [0, 0.1) is 0 Å². The van der Waals surface area contributed by atoms with E-state index < -0.39 is 11.1 Å². The van der Waals surface area contributed by atoms with Crippen molar-refractivity contribution in [3.8, 4) is 0 Å². The van der Waals surface area contributed by atoms with Gasteiger partial charge in [0.05, 0.1) is 0 Å². The van der Waals surface area contributed by atoms with Crippen LogP contribution in [0.4, 0.5) is 0 Å². The fraction of sp³-hybridized carbons (Fsp3) is 0.600. The van der Waals surface area contributed by atoms with Gasteiger partial charge in [0.15, 0.2) is 11.1 Å². The van der Waals surface area contributed by atoms with E-state index in [-0.39, 0.29) is 0 Å². The van der Waals surface area contributed by atoms with Crippen molar-refractivity contribution < 1.29 is 8.76 Å². The summed E-state index contributed by atoms with van der Waals surface area (Å²) in [5.74, 6) is 0.367. The molecule has 8 heavy (non-hydrogen) atoms.